The molecule has 3 heteroatoms. The van der Waals surface area contributed by atoms with E-state index in [0.29, 0.717) is 6.04 Å². The minimum atomic E-state index is -0.194. The molecular formula is C7H14NO2. The third kappa shape index (κ3) is 2.25. The Kier molecular flexibility index (Phi) is 3.12. The summed E-state index contributed by atoms with van der Waals surface area (Å²) in [6.45, 7) is -0.194. The second kappa shape index (κ2) is 3.91. The van der Waals surface area contributed by atoms with Crippen molar-refractivity contribution < 1.29 is 10.2 Å². The fourth-order valence-corrected chi connectivity index (χ4v) is 1.40. The van der Waals surface area contributed by atoms with Crippen molar-refractivity contribution in [3.8, 4) is 0 Å². The highest BCUT2D eigenvalue weighted by Gasteiger charge is 2.17. The van der Waals surface area contributed by atoms with Crippen molar-refractivity contribution in [1.29, 1.82) is 0 Å². The Labute approximate surface area is 61.1 Å². The van der Waals surface area contributed by atoms with E-state index in [2.05, 4.69) is 5.32 Å². The molecule has 0 atom stereocenters. The third-order valence-corrected chi connectivity index (χ3v) is 2.07. The standard InChI is InChI=1S/C7H14NO2/c9-5-8-6-1-3-7(10)4-2-6/h6-8,10H,1-5H2. The van der Waals surface area contributed by atoms with Crippen molar-refractivity contribution >= 4 is 0 Å². The van der Waals surface area contributed by atoms with E-state index in [4.69, 9.17) is 5.11 Å². The molecule has 0 bridgehead atoms. The summed E-state index contributed by atoms with van der Waals surface area (Å²) < 4.78 is 0. The molecule has 0 unspecified atom stereocenters. The highest BCUT2D eigenvalue weighted by atomic mass is 16.3. The van der Waals surface area contributed by atoms with Crippen LogP contribution in [0.25, 0.3) is 0 Å². The van der Waals surface area contributed by atoms with Crippen LogP contribution < -0.4 is 5.32 Å². The quantitative estimate of drug-likeness (QED) is 0.546. The lowest BCUT2D eigenvalue weighted by atomic mass is 9.93. The van der Waals surface area contributed by atoms with E-state index in [1.807, 2.05) is 0 Å². The molecule has 1 radical (unpaired) electrons. The maximum absolute atomic E-state index is 10.1. The Morgan fingerprint density at radius 1 is 1.30 bits per heavy atom. The van der Waals surface area contributed by atoms with Gasteiger partial charge in [-0.05, 0) is 25.7 Å². The summed E-state index contributed by atoms with van der Waals surface area (Å²) in [6, 6.07) is 0.362. The molecule has 3 nitrogen and oxygen atoms in total. The number of nitrogens with one attached hydrogen (secondary N) is 1. The monoisotopic (exact) mass is 144 g/mol. The zero-order valence-electron chi connectivity index (χ0n) is 6.05. The van der Waals surface area contributed by atoms with Gasteiger partial charge in [-0.2, -0.15) is 0 Å². The third-order valence-electron chi connectivity index (χ3n) is 2.07. The second-order valence-corrected chi connectivity index (χ2v) is 2.85. The first-order valence-corrected chi connectivity index (χ1v) is 3.82. The Hall–Kier alpha value is -0.120. The van der Waals surface area contributed by atoms with Gasteiger partial charge in [-0.15, -0.1) is 0 Å². The summed E-state index contributed by atoms with van der Waals surface area (Å²) in [7, 11) is 0. The molecule has 2 N–H and O–H groups in total. The Balaban J connectivity index is 2.13. The van der Waals surface area contributed by atoms with Gasteiger partial charge in [-0.1, -0.05) is 0 Å². The summed E-state index contributed by atoms with van der Waals surface area (Å²) in [6.07, 6.45) is 3.46. The molecule has 1 aliphatic rings. The average molecular weight is 144 g/mol. The van der Waals surface area contributed by atoms with Crippen LogP contribution in [0.2, 0.25) is 0 Å². The number of hydrogen-bond donors (Lipinski definition) is 2. The molecule has 0 heterocycles. The molecule has 1 rings (SSSR count). The summed E-state index contributed by atoms with van der Waals surface area (Å²) in [5.74, 6) is 0. The van der Waals surface area contributed by atoms with E-state index in [-0.39, 0.29) is 12.8 Å². The van der Waals surface area contributed by atoms with Crippen LogP contribution in [0.5, 0.6) is 0 Å². The van der Waals surface area contributed by atoms with E-state index < -0.39 is 0 Å². The molecule has 1 aliphatic carbocycles. The Morgan fingerprint density at radius 2 is 1.90 bits per heavy atom. The van der Waals surface area contributed by atoms with E-state index in [0.717, 1.165) is 25.7 Å². The van der Waals surface area contributed by atoms with Crippen molar-refractivity contribution in [2.45, 2.75) is 37.8 Å². The zero-order valence-corrected chi connectivity index (χ0v) is 6.05. The van der Waals surface area contributed by atoms with E-state index in [1.54, 1.807) is 0 Å². The molecule has 0 aromatic carbocycles. The van der Waals surface area contributed by atoms with Gasteiger partial charge in [0, 0.05) is 6.04 Å². The largest absolute Gasteiger partial charge is 0.393 e. The maximum atomic E-state index is 10.1. The first-order valence-electron chi connectivity index (χ1n) is 3.82. The second-order valence-electron chi connectivity index (χ2n) is 2.85. The lowest BCUT2D eigenvalue weighted by Gasteiger charge is -2.24. The van der Waals surface area contributed by atoms with E-state index >= 15 is 0 Å². The number of aliphatic hydroxyl groups excluding tert-OH is 1. The summed E-state index contributed by atoms with van der Waals surface area (Å²) in [4.78, 5) is 0. The van der Waals surface area contributed by atoms with Gasteiger partial charge in [0.25, 0.3) is 0 Å². The van der Waals surface area contributed by atoms with Crippen molar-refractivity contribution in [1.82, 2.24) is 5.32 Å². The summed E-state index contributed by atoms with van der Waals surface area (Å²) in [5, 5.41) is 22.0. The minimum absolute atomic E-state index is 0.121. The molecule has 0 saturated heterocycles. The van der Waals surface area contributed by atoms with Crippen LogP contribution in [0, 0.1) is 0 Å². The predicted octanol–water partition coefficient (Wildman–Crippen LogP) is 0.267. The van der Waals surface area contributed by atoms with Crippen LogP contribution in [-0.4, -0.2) is 24.0 Å². The molecule has 10 heavy (non-hydrogen) atoms. The highest BCUT2D eigenvalue weighted by Crippen LogP contribution is 2.17. The molecular weight excluding hydrogens is 130 g/mol. The number of rotatable bonds is 2. The van der Waals surface area contributed by atoms with Gasteiger partial charge in [0.15, 0.2) is 0 Å². The topological polar surface area (TPSA) is 52.2 Å². The Morgan fingerprint density at radius 3 is 2.40 bits per heavy atom. The lowest BCUT2D eigenvalue weighted by Crippen LogP contribution is -2.34. The van der Waals surface area contributed by atoms with Crippen LogP contribution in [-0.2, 0) is 5.11 Å². The van der Waals surface area contributed by atoms with Crippen LogP contribution >= 0.6 is 0 Å². The predicted molar refractivity (Wildman–Crippen MR) is 37.0 cm³/mol. The summed E-state index contributed by atoms with van der Waals surface area (Å²) in [5.41, 5.74) is 0. The summed E-state index contributed by atoms with van der Waals surface area (Å²) >= 11 is 0. The fraction of sp³-hybridized carbons (Fsp3) is 1.00. The van der Waals surface area contributed by atoms with Gasteiger partial charge in [0.1, 0.15) is 6.73 Å². The Bertz CT molecular complexity index is 89.6. The van der Waals surface area contributed by atoms with Gasteiger partial charge in [0.2, 0.25) is 0 Å². The fourth-order valence-electron chi connectivity index (χ4n) is 1.40. The van der Waals surface area contributed by atoms with Gasteiger partial charge in [-0.25, -0.2) is 5.11 Å². The van der Waals surface area contributed by atoms with Crippen molar-refractivity contribution in [3.05, 3.63) is 0 Å². The minimum Gasteiger partial charge on any atom is -0.393 e. The van der Waals surface area contributed by atoms with Gasteiger partial charge < -0.3 is 5.11 Å². The molecule has 0 aliphatic heterocycles. The molecule has 0 spiro atoms. The van der Waals surface area contributed by atoms with Gasteiger partial charge in [-0.3, -0.25) is 5.32 Å². The molecule has 0 amide bonds. The van der Waals surface area contributed by atoms with Crippen molar-refractivity contribution in [3.63, 3.8) is 0 Å². The van der Waals surface area contributed by atoms with Crippen LogP contribution in [0.4, 0.5) is 0 Å². The first kappa shape index (κ1) is 7.98. The SMILES string of the molecule is [O]CNC1CCC(O)CC1. The van der Waals surface area contributed by atoms with E-state index in [9.17, 15) is 5.11 Å². The maximum Gasteiger partial charge on any atom is 0.133 e. The molecule has 0 aromatic heterocycles. The number of hydrogen-bond acceptors (Lipinski definition) is 2. The van der Waals surface area contributed by atoms with Crippen molar-refractivity contribution in [2.24, 2.45) is 0 Å². The van der Waals surface area contributed by atoms with Crippen LogP contribution in [0.1, 0.15) is 25.7 Å². The van der Waals surface area contributed by atoms with Crippen LogP contribution in [0.15, 0.2) is 0 Å². The normalized spacial score (nSPS) is 34.2. The number of aliphatic hydroxyl groups is 1. The first-order chi connectivity index (χ1) is 4.83. The molecule has 0 aromatic rings. The lowest BCUT2D eigenvalue weighted by molar-refractivity contribution is 0.0961. The van der Waals surface area contributed by atoms with Gasteiger partial charge in [0.05, 0.1) is 6.10 Å². The van der Waals surface area contributed by atoms with Crippen LogP contribution in [0.3, 0.4) is 0 Å². The highest BCUT2D eigenvalue weighted by molar-refractivity contribution is 4.75. The van der Waals surface area contributed by atoms with Gasteiger partial charge >= 0.3 is 0 Å². The molecule has 59 valence electrons. The van der Waals surface area contributed by atoms with E-state index in [1.165, 1.54) is 0 Å². The molecule has 1 saturated carbocycles. The zero-order chi connectivity index (χ0) is 7.40. The van der Waals surface area contributed by atoms with Crippen molar-refractivity contribution in [2.75, 3.05) is 6.73 Å². The molecule has 1 fully saturated rings. The average Bonchev–Trinajstić information content (AvgIpc) is 1.95. The smallest absolute Gasteiger partial charge is 0.133 e.